The highest BCUT2D eigenvalue weighted by Gasteiger charge is 2.22. The van der Waals surface area contributed by atoms with E-state index in [0.717, 1.165) is 55.4 Å². The van der Waals surface area contributed by atoms with Crippen molar-refractivity contribution in [3.8, 4) is 11.4 Å². The third-order valence-electron chi connectivity index (χ3n) is 6.14. The average molecular weight is 463 g/mol. The molecule has 0 spiro atoms. The summed E-state index contributed by atoms with van der Waals surface area (Å²) in [6.07, 6.45) is 0. The number of anilines is 1. The van der Waals surface area contributed by atoms with Gasteiger partial charge in [-0.2, -0.15) is 8.42 Å². The van der Waals surface area contributed by atoms with Gasteiger partial charge in [0.05, 0.1) is 24.0 Å². The van der Waals surface area contributed by atoms with Crippen LogP contribution in [0.15, 0.2) is 72.8 Å². The van der Waals surface area contributed by atoms with Gasteiger partial charge in [0.25, 0.3) is 0 Å². The highest BCUT2D eigenvalue weighted by atomic mass is 32.2. The summed E-state index contributed by atoms with van der Waals surface area (Å²) in [6, 6.07) is 24.0. The van der Waals surface area contributed by atoms with Crippen LogP contribution < -0.4 is 9.64 Å². The van der Waals surface area contributed by atoms with Crippen LogP contribution in [-0.4, -0.2) is 56.4 Å². The molecule has 0 bridgehead atoms. The van der Waals surface area contributed by atoms with E-state index < -0.39 is 10.3 Å². The lowest BCUT2D eigenvalue weighted by molar-refractivity contribution is 0.249. The van der Waals surface area contributed by atoms with Crippen LogP contribution in [0.1, 0.15) is 5.56 Å². The standard InChI is InChI=1S/C25H26N4O3S/c1-32-24-17-22-21(25(33(30)31)26-29(22)20-10-6-3-7-11-20)16-23(24)28-14-12-27(13-15-28)18-19-8-4-2-5-9-19/h2-11,16-17,26H,12-15,18H2,1H3. The lowest BCUT2D eigenvalue weighted by Crippen LogP contribution is -2.46. The third-order valence-corrected chi connectivity index (χ3v) is 6.78. The fraction of sp³-hybridized carbons (Fsp3) is 0.240. The van der Waals surface area contributed by atoms with Crippen molar-refractivity contribution < 1.29 is 13.2 Å². The Morgan fingerprint density at radius 2 is 1.58 bits per heavy atom. The first-order valence-electron chi connectivity index (χ1n) is 11.0. The number of nitrogens with zero attached hydrogens (tertiary/aromatic N) is 3. The van der Waals surface area contributed by atoms with Crippen LogP contribution in [0.25, 0.3) is 16.6 Å². The van der Waals surface area contributed by atoms with Crippen molar-refractivity contribution in [2.24, 2.45) is 0 Å². The lowest BCUT2D eigenvalue weighted by atomic mass is 10.1. The van der Waals surface area contributed by atoms with Crippen LogP contribution in [0.5, 0.6) is 5.75 Å². The molecule has 5 rings (SSSR count). The second kappa shape index (κ2) is 9.17. The van der Waals surface area contributed by atoms with Gasteiger partial charge in [0, 0.05) is 44.2 Å². The van der Waals surface area contributed by atoms with Gasteiger partial charge >= 0.3 is 0 Å². The number of fused-ring (bicyclic) bond motifs is 1. The number of hydrogen-bond donors (Lipinski definition) is 1. The molecule has 0 radical (unpaired) electrons. The minimum atomic E-state index is -2.40. The molecule has 0 unspecified atom stereocenters. The van der Waals surface area contributed by atoms with E-state index >= 15 is 0 Å². The third kappa shape index (κ3) is 4.27. The zero-order chi connectivity index (χ0) is 22.8. The zero-order valence-corrected chi connectivity index (χ0v) is 19.3. The van der Waals surface area contributed by atoms with Gasteiger partial charge in [0.1, 0.15) is 5.75 Å². The Morgan fingerprint density at radius 1 is 0.909 bits per heavy atom. The molecule has 3 aromatic carbocycles. The molecule has 1 aliphatic rings. The van der Waals surface area contributed by atoms with Crippen molar-refractivity contribution in [3.63, 3.8) is 0 Å². The molecule has 1 N–H and O–H groups in total. The summed E-state index contributed by atoms with van der Waals surface area (Å²) >= 11 is 0. The molecule has 1 aliphatic heterocycles. The van der Waals surface area contributed by atoms with Crippen molar-refractivity contribution in [2.45, 2.75) is 6.54 Å². The minimum Gasteiger partial charge on any atom is -0.495 e. The number of nitrogens with one attached hydrogen (secondary N) is 1. The van der Waals surface area contributed by atoms with Crippen LogP contribution in [0, 0.1) is 4.64 Å². The van der Waals surface area contributed by atoms with E-state index in [1.165, 1.54) is 5.56 Å². The number of benzene rings is 3. The summed E-state index contributed by atoms with van der Waals surface area (Å²) < 4.78 is 31.7. The first-order valence-corrected chi connectivity index (χ1v) is 12.0. The molecule has 33 heavy (non-hydrogen) atoms. The van der Waals surface area contributed by atoms with Crippen molar-refractivity contribution in [2.75, 3.05) is 38.2 Å². The van der Waals surface area contributed by atoms with Crippen molar-refractivity contribution >= 4 is 26.9 Å². The van der Waals surface area contributed by atoms with Gasteiger partial charge in [0.2, 0.25) is 10.3 Å². The Balaban J connectivity index is 1.49. The van der Waals surface area contributed by atoms with Gasteiger partial charge in [-0.3, -0.25) is 14.7 Å². The van der Waals surface area contributed by atoms with E-state index in [4.69, 9.17) is 4.74 Å². The minimum absolute atomic E-state index is 0.167. The molecule has 170 valence electrons. The fourth-order valence-electron chi connectivity index (χ4n) is 4.45. The van der Waals surface area contributed by atoms with Gasteiger partial charge in [0.15, 0.2) is 4.64 Å². The number of methoxy groups -OCH3 is 1. The molecular weight excluding hydrogens is 436 g/mol. The number of aromatic amines is 1. The first kappa shape index (κ1) is 21.4. The molecule has 0 atom stereocenters. The van der Waals surface area contributed by atoms with Gasteiger partial charge in [-0.05, 0) is 23.8 Å². The molecular formula is C25H26N4O3S. The Bertz CT molecular complexity index is 1430. The molecule has 1 fully saturated rings. The largest absolute Gasteiger partial charge is 0.495 e. The maximum atomic E-state index is 12.0. The maximum Gasteiger partial charge on any atom is 0.240 e. The van der Waals surface area contributed by atoms with E-state index in [1.807, 2.05) is 48.5 Å². The summed E-state index contributed by atoms with van der Waals surface area (Å²) in [5.41, 5.74) is 3.83. The molecule has 2 heterocycles. The van der Waals surface area contributed by atoms with Crippen LogP contribution in [-0.2, 0) is 16.8 Å². The quantitative estimate of drug-likeness (QED) is 0.458. The molecule has 0 amide bonds. The fourth-order valence-corrected chi connectivity index (χ4v) is 4.96. The Labute approximate surface area is 194 Å². The molecule has 0 saturated carbocycles. The summed E-state index contributed by atoms with van der Waals surface area (Å²) in [6.45, 7) is 4.46. The highest BCUT2D eigenvalue weighted by Crippen LogP contribution is 2.35. The van der Waals surface area contributed by atoms with Gasteiger partial charge in [-0.1, -0.05) is 48.5 Å². The van der Waals surface area contributed by atoms with E-state index in [0.29, 0.717) is 5.39 Å². The Kier molecular flexibility index (Phi) is 5.93. The van der Waals surface area contributed by atoms with E-state index in [9.17, 15) is 8.42 Å². The predicted octanol–water partition coefficient (Wildman–Crippen LogP) is 3.70. The summed E-state index contributed by atoms with van der Waals surface area (Å²) in [4.78, 5) is 4.71. The van der Waals surface area contributed by atoms with Gasteiger partial charge < -0.3 is 9.64 Å². The number of aromatic nitrogens is 2. The van der Waals surface area contributed by atoms with E-state index in [2.05, 4.69) is 39.2 Å². The molecule has 1 aromatic heterocycles. The van der Waals surface area contributed by atoms with Gasteiger partial charge in [-0.15, -0.1) is 0 Å². The molecule has 8 heteroatoms. The number of para-hydroxylation sites is 1. The first-order chi connectivity index (χ1) is 16.1. The summed E-state index contributed by atoms with van der Waals surface area (Å²) in [7, 11) is -0.745. The highest BCUT2D eigenvalue weighted by molar-refractivity contribution is 7.64. The van der Waals surface area contributed by atoms with Crippen LogP contribution in [0.2, 0.25) is 0 Å². The van der Waals surface area contributed by atoms with Crippen LogP contribution >= 0.6 is 0 Å². The number of ether oxygens (including phenoxy) is 1. The molecule has 4 aromatic rings. The second-order valence-corrected chi connectivity index (χ2v) is 9.01. The summed E-state index contributed by atoms with van der Waals surface area (Å²) in [5, 5.41) is 3.69. The topological polar surface area (TPSA) is 70.6 Å². The smallest absolute Gasteiger partial charge is 0.240 e. The normalized spacial score (nSPS) is 14.5. The molecule has 7 nitrogen and oxygen atoms in total. The zero-order valence-electron chi connectivity index (χ0n) is 18.4. The van der Waals surface area contributed by atoms with Crippen molar-refractivity contribution in [1.82, 2.24) is 14.7 Å². The van der Waals surface area contributed by atoms with Crippen LogP contribution in [0.3, 0.4) is 0 Å². The molecule has 1 saturated heterocycles. The number of rotatable bonds is 5. The number of piperazine rings is 1. The monoisotopic (exact) mass is 462 g/mol. The average Bonchev–Trinajstić information content (AvgIpc) is 3.24. The number of H-pyrrole nitrogens is 1. The van der Waals surface area contributed by atoms with E-state index in [1.54, 1.807) is 11.8 Å². The second-order valence-electron chi connectivity index (χ2n) is 8.14. The van der Waals surface area contributed by atoms with Gasteiger partial charge in [-0.25, -0.2) is 0 Å². The Hall–Kier alpha value is -3.49. The molecule has 0 aliphatic carbocycles. The van der Waals surface area contributed by atoms with Crippen LogP contribution in [0.4, 0.5) is 5.69 Å². The van der Waals surface area contributed by atoms with Crippen molar-refractivity contribution in [1.29, 1.82) is 0 Å². The number of hydrogen-bond acceptors (Lipinski definition) is 5. The van der Waals surface area contributed by atoms with Crippen molar-refractivity contribution in [3.05, 3.63) is 83.0 Å². The van der Waals surface area contributed by atoms with E-state index in [-0.39, 0.29) is 4.64 Å². The maximum absolute atomic E-state index is 12.0. The summed E-state index contributed by atoms with van der Waals surface area (Å²) in [5.74, 6) is 0.728. The Morgan fingerprint density at radius 3 is 2.21 bits per heavy atom. The SMILES string of the molecule is COc1cc2c(cc1N1CCN(Cc3ccccc3)CC1)c(=S(=O)=O)[nH]n2-c1ccccc1. The predicted molar refractivity (Wildman–Crippen MR) is 130 cm³/mol. The lowest BCUT2D eigenvalue weighted by Gasteiger charge is -2.36.